The highest BCUT2D eigenvalue weighted by Gasteiger charge is 2.31. The third kappa shape index (κ3) is 3.10. The smallest absolute Gasteiger partial charge is 0.352 e. The van der Waals surface area contributed by atoms with Crippen molar-refractivity contribution in [1.29, 1.82) is 0 Å². The Balaban J connectivity index is 2.55. The van der Waals surface area contributed by atoms with E-state index in [1.54, 1.807) is 0 Å². The first-order valence-corrected chi connectivity index (χ1v) is 6.67. The maximum Gasteiger partial charge on any atom is 0.416 e. The number of hydrogen-bond donors (Lipinski definition) is 1. The number of amides is 1. The quantitative estimate of drug-likeness (QED) is 0.696. The van der Waals surface area contributed by atoms with Crippen molar-refractivity contribution in [3.8, 4) is 5.69 Å². The largest absolute Gasteiger partial charge is 0.416 e. The number of benzene rings is 1. The molecule has 23 heavy (non-hydrogen) atoms. The van der Waals surface area contributed by atoms with Crippen LogP contribution in [0.3, 0.4) is 0 Å². The summed E-state index contributed by atoms with van der Waals surface area (Å²) in [4.78, 5) is 23.5. The highest BCUT2D eigenvalue weighted by Crippen LogP contribution is 2.30. The molecular weight excluding hydrogens is 311 g/mol. The van der Waals surface area contributed by atoms with Gasteiger partial charge in [0.25, 0.3) is 11.7 Å². The molecular formula is C15H14F3N3O2. The summed E-state index contributed by atoms with van der Waals surface area (Å²) < 4.78 is 39.7. The zero-order chi connectivity index (χ0) is 17.4. The van der Waals surface area contributed by atoms with E-state index in [2.05, 4.69) is 10.4 Å². The molecule has 0 spiro atoms. The number of aromatic nitrogens is 2. The summed E-state index contributed by atoms with van der Waals surface area (Å²) in [5, 5.41) is 6.31. The maximum absolute atomic E-state index is 12.8. The first kappa shape index (κ1) is 16.7. The second kappa shape index (κ2) is 5.86. The third-order valence-corrected chi connectivity index (χ3v) is 3.37. The van der Waals surface area contributed by atoms with Gasteiger partial charge in [-0.25, -0.2) is 4.68 Å². The molecule has 5 nitrogen and oxygen atoms in total. The molecule has 2 aromatic rings. The second-order valence-corrected chi connectivity index (χ2v) is 4.91. The van der Waals surface area contributed by atoms with Crippen molar-refractivity contribution in [2.24, 2.45) is 0 Å². The Morgan fingerprint density at radius 1 is 1.22 bits per heavy atom. The molecule has 1 amide bonds. The normalized spacial score (nSPS) is 11.4. The number of aryl methyl sites for hydroxylation is 1. The van der Waals surface area contributed by atoms with Crippen LogP contribution in [-0.2, 0) is 11.0 Å². The van der Waals surface area contributed by atoms with E-state index in [1.165, 1.54) is 37.7 Å². The summed E-state index contributed by atoms with van der Waals surface area (Å²) in [7, 11) is 1.32. The van der Waals surface area contributed by atoms with Crippen LogP contribution >= 0.6 is 0 Å². The van der Waals surface area contributed by atoms with E-state index in [0.717, 1.165) is 12.1 Å². The zero-order valence-electron chi connectivity index (χ0n) is 12.7. The highest BCUT2D eigenvalue weighted by atomic mass is 19.4. The SMILES string of the molecule is CNC(=O)C(=O)c1c(C)nn(-c2cccc(C(F)(F)F)c2)c1C. The maximum atomic E-state index is 12.8. The fourth-order valence-electron chi connectivity index (χ4n) is 2.26. The third-order valence-electron chi connectivity index (χ3n) is 3.37. The van der Waals surface area contributed by atoms with Gasteiger partial charge in [-0.15, -0.1) is 0 Å². The number of hydrogen-bond acceptors (Lipinski definition) is 3. The molecule has 0 aliphatic rings. The van der Waals surface area contributed by atoms with Crippen LogP contribution in [0.4, 0.5) is 13.2 Å². The summed E-state index contributed by atoms with van der Waals surface area (Å²) in [5.41, 5.74) is 0.00353. The standard InChI is InChI=1S/C15H14F3N3O2/c1-8-12(13(22)14(23)19-3)9(2)21(20-8)11-6-4-5-10(7-11)15(16,17)18/h4-7H,1-3H3,(H,19,23). The Morgan fingerprint density at radius 3 is 2.43 bits per heavy atom. The Labute approximate surface area is 130 Å². The monoisotopic (exact) mass is 325 g/mol. The summed E-state index contributed by atoms with van der Waals surface area (Å²) in [6.45, 7) is 3.05. The number of nitrogens with one attached hydrogen (secondary N) is 1. The summed E-state index contributed by atoms with van der Waals surface area (Å²) in [6, 6.07) is 4.59. The minimum Gasteiger partial charge on any atom is -0.352 e. The summed E-state index contributed by atoms with van der Waals surface area (Å²) in [6.07, 6.45) is -4.48. The van der Waals surface area contributed by atoms with Crippen LogP contribution in [0.1, 0.15) is 27.3 Å². The van der Waals surface area contributed by atoms with Gasteiger partial charge in [0, 0.05) is 7.05 Å². The second-order valence-electron chi connectivity index (χ2n) is 4.91. The number of ketones is 1. The number of carbonyl (C=O) groups excluding carboxylic acids is 2. The van der Waals surface area contributed by atoms with E-state index in [1.807, 2.05) is 0 Å². The number of Topliss-reactive ketones (excluding diaryl/α,β-unsaturated/α-hetero) is 1. The van der Waals surface area contributed by atoms with Crippen LogP contribution in [0.5, 0.6) is 0 Å². The number of carbonyl (C=O) groups is 2. The number of rotatable bonds is 3. The Bertz CT molecular complexity index is 779. The minimum absolute atomic E-state index is 0.0850. The van der Waals surface area contributed by atoms with Crippen LogP contribution in [0.2, 0.25) is 0 Å². The topological polar surface area (TPSA) is 64.0 Å². The lowest BCUT2D eigenvalue weighted by Gasteiger charge is -2.10. The number of likely N-dealkylation sites (N-methyl/N-ethyl adjacent to an activating group) is 1. The Kier molecular flexibility index (Phi) is 4.26. The van der Waals surface area contributed by atoms with E-state index in [-0.39, 0.29) is 16.9 Å². The zero-order valence-corrected chi connectivity index (χ0v) is 12.7. The molecule has 1 aromatic heterocycles. The highest BCUT2D eigenvalue weighted by molar-refractivity contribution is 6.43. The van der Waals surface area contributed by atoms with Crippen LogP contribution in [0.25, 0.3) is 5.69 Å². The van der Waals surface area contributed by atoms with E-state index < -0.39 is 23.4 Å². The van der Waals surface area contributed by atoms with Gasteiger partial charge in [0.15, 0.2) is 0 Å². The van der Waals surface area contributed by atoms with E-state index in [4.69, 9.17) is 0 Å². The number of nitrogens with zero attached hydrogens (tertiary/aromatic N) is 2. The van der Waals surface area contributed by atoms with Gasteiger partial charge in [-0.3, -0.25) is 9.59 Å². The molecule has 1 aromatic carbocycles. The molecule has 0 unspecified atom stereocenters. The molecule has 8 heteroatoms. The number of halogens is 3. The van der Waals surface area contributed by atoms with Gasteiger partial charge in [0.05, 0.1) is 28.2 Å². The molecule has 0 saturated carbocycles. The summed E-state index contributed by atoms with van der Waals surface area (Å²) in [5.74, 6) is -1.58. The minimum atomic E-state index is -4.48. The van der Waals surface area contributed by atoms with Crippen molar-refractivity contribution in [1.82, 2.24) is 15.1 Å². The van der Waals surface area contributed by atoms with Crippen LogP contribution in [-0.4, -0.2) is 28.5 Å². The average molecular weight is 325 g/mol. The molecule has 0 atom stereocenters. The van der Waals surface area contributed by atoms with Crippen molar-refractivity contribution in [3.05, 3.63) is 46.8 Å². The van der Waals surface area contributed by atoms with Gasteiger partial charge >= 0.3 is 6.18 Å². The van der Waals surface area contributed by atoms with Gasteiger partial charge in [-0.05, 0) is 32.0 Å². The Morgan fingerprint density at radius 2 is 1.87 bits per heavy atom. The van der Waals surface area contributed by atoms with Crippen LogP contribution in [0, 0.1) is 13.8 Å². The van der Waals surface area contributed by atoms with E-state index in [9.17, 15) is 22.8 Å². The molecule has 0 aliphatic heterocycles. The number of alkyl halides is 3. The van der Waals surface area contributed by atoms with Gasteiger partial charge in [0.2, 0.25) is 0 Å². The molecule has 1 N–H and O–H groups in total. The Hall–Kier alpha value is -2.64. The van der Waals surface area contributed by atoms with Crippen molar-refractivity contribution in [2.75, 3.05) is 7.05 Å². The lowest BCUT2D eigenvalue weighted by atomic mass is 10.1. The molecule has 0 fully saturated rings. The fourth-order valence-corrected chi connectivity index (χ4v) is 2.26. The predicted octanol–water partition coefficient (Wildman–Crippen LogP) is 2.44. The lowest BCUT2D eigenvalue weighted by molar-refractivity contribution is -0.137. The molecule has 0 bridgehead atoms. The first-order chi connectivity index (χ1) is 10.7. The molecule has 0 aliphatic carbocycles. The summed E-state index contributed by atoms with van der Waals surface area (Å²) >= 11 is 0. The molecule has 0 saturated heterocycles. The molecule has 1 heterocycles. The van der Waals surface area contributed by atoms with Crippen LogP contribution in [0.15, 0.2) is 24.3 Å². The van der Waals surface area contributed by atoms with Gasteiger partial charge in [0.1, 0.15) is 0 Å². The van der Waals surface area contributed by atoms with Crippen molar-refractivity contribution in [2.45, 2.75) is 20.0 Å². The molecule has 122 valence electrons. The van der Waals surface area contributed by atoms with Crippen molar-refractivity contribution in [3.63, 3.8) is 0 Å². The molecule has 2 rings (SSSR count). The molecule has 0 radical (unpaired) electrons. The lowest BCUT2D eigenvalue weighted by Crippen LogP contribution is -2.28. The van der Waals surface area contributed by atoms with Gasteiger partial charge < -0.3 is 5.32 Å². The van der Waals surface area contributed by atoms with Gasteiger partial charge in [-0.2, -0.15) is 18.3 Å². The van der Waals surface area contributed by atoms with Gasteiger partial charge in [-0.1, -0.05) is 6.07 Å². The fraction of sp³-hybridized carbons (Fsp3) is 0.267. The van der Waals surface area contributed by atoms with Crippen molar-refractivity contribution < 1.29 is 22.8 Å². The average Bonchev–Trinajstić information content (AvgIpc) is 2.80. The van der Waals surface area contributed by atoms with E-state index >= 15 is 0 Å². The van der Waals surface area contributed by atoms with Crippen LogP contribution < -0.4 is 5.32 Å². The first-order valence-electron chi connectivity index (χ1n) is 6.67. The predicted molar refractivity (Wildman–Crippen MR) is 76.4 cm³/mol. The van der Waals surface area contributed by atoms with E-state index in [0.29, 0.717) is 5.69 Å². The van der Waals surface area contributed by atoms with Crippen molar-refractivity contribution >= 4 is 11.7 Å².